The average molecular weight is 308 g/mol. The lowest BCUT2D eigenvalue weighted by molar-refractivity contribution is 0.206. The Morgan fingerprint density at radius 1 is 1.13 bits per heavy atom. The van der Waals surface area contributed by atoms with Crippen molar-refractivity contribution >= 4 is 17.1 Å². The van der Waals surface area contributed by atoms with Gasteiger partial charge in [0, 0.05) is 13.6 Å². The normalized spacial score (nSPS) is 10.7. The number of hydrogen-bond donors (Lipinski definition) is 2. The van der Waals surface area contributed by atoms with Gasteiger partial charge in [-0.1, -0.05) is 42.5 Å². The topological polar surface area (TPSA) is 61.0 Å². The summed E-state index contributed by atoms with van der Waals surface area (Å²) in [5, 5.41) is 2.93. The molecule has 0 aliphatic heterocycles. The first-order valence-electron chi connectivity index (χ1n) is 7.69. The molecule has 5 heteroatoms. The second-order valence-corrected chi connectivity index (χ2v) is 5.52. The van der Waals surface area contributed by atoms with Gasteiger partial charge in [0.05, 0.1) is 17.6 Å². The van der Waals surface area contributed by atoms with Gasteiger partial charge in [0.25, 0.3) is 0 Å². The predicted octanol–water partition coefficient (Wildman–Crippen LogP) is 2.95. The molecule has 0 saturated carbocycles. The average Bonchev–Trinajstić information content (AvgIpc) is 2.98. The molecule has 0 unspecified atom stereocenters. The number of aromatic amines is 1. The van der Waals surface area contributed by atoms with E-state index in [2.05, 4.69) is 27.4 Å². The second kappa shape index (κ2) is 6.96. The maximum atomic E-state index is 12.1. The molecule has 0 spiro atoms. The highest BCUT2D eigenvalue weighted by Gasteiger charge is 2.11. The zero-order chi connectivity index (χ0) is 16.1. The molecule has 1 aromatic heterocycles. The molecule has 0 bridgehead atoms. The van der Waals surface area contributed by atoms with Crippen molar-refractivity contribution in [2.24, 2.45) is 0 Å². The molecule has 0 radical (unpaired) electrons. The number of nitrogens with zero attached hydrogens (tertiary/aromatic N) is 2. The van der Waals surface area contributed by atoms with Crippen molar-refractivity contribution in [1.29, 1.82) is 0 Å². The molecule has 2 aromatic carbocycles. The van der Waals surface area contributed by atoms with Crippen molar-refractivity contribution < 1.29 is 4.79 Å². The van der Waals surface area contributed by atoms with Crippen LogP contribution in [0, 0.1) is 0 Å². The monoisotopic (exact) mass is 308 g/mol. The number of H-pyrrole nitrogens is 1. The lowest BCUT2D eigenvalue weighted by atomic mass is 10.1. The Hall–Kier alpha value is -2.82. The van der Waals surface area contributed by atoms with E-state index in [9.17, 15) is 4.79 Å². The summed E-state index contributed by atoms with van der Waals surface area (Å²) < 4.78 is 0. The molecule has 0 fully saturated rings. The van der Waals surface area contributed by atoms with E-state index in [-0.39, 0.29) is 6.03 Å². The zero-order valence-electron chi connectivity index (χ0n) is 13.1. The third-order valence-corrected chi connectivity index (χ3v) is 3.70. The van der Waals surface area contributed by atoms with Crippen LogP contribution in [0.1, 0.15) is 11.4 Å². The van der Waals surface area contributed by atoms with E-state index < -0.39 is 0 Å². The van der Waals surface area contributed by atoms with Crippen LogP contribution in [-0.4, -0.2) is 34.5 Å². The van der Waals surface area contributed by atoms with Gasteiger partial charge in [-0.3, -0.25) is 0 Å². The van der Waals surface area contributed by atoms with Crippen LogP contribution in [0.3, 0.4) is 0 Å². The molecule has 23 heavy (non-hydrogen) atoms. The number of para-hydroxylation sites is 2. The Morgan fingerprint density at radius 2 is 1.87 bits per heavy atom. The lowest BCUT2D eigenvalue weighted by Gasteiger charge is -2.16. The predicted molar refractivity (Wildman–Crippen MR) is 91.1 cm³/mol. The maximum Gasteiger partial charge on any atom is 0.317 e. The van der Waals surface area contributed by atoms with E-state index in [1.807, 2.05) is 42.5 Å². The molecule has 3 rings (SSSR count). The minimum Gasteiger partial charge on any atom is -0.340 e. The van der Waals surface area contributed by atoms with Gasteiger partial charge in [0.15, 0.2) is 0 Å². The van der Waals surface area contributed by atoms with Crippen LogP contribution >= 0.6 is 0 Å². The molecule has 0 atom stereocenters. The molecular weight excluding hydrogens is 288 g/mol. The molecule has 1 heterocycles. The third-order valence-electron chi connectivity index (χ3n) is 3.70. The first-order chi connectivity index (χ1) is 11.2. The van der Waals surface area contributed by atoms with Gasteiger partial charge in [0.1, 0.15) is 5.82 Å². The Balaban J connectivity index is 1.51. The maximum absolute atomic E-state index is 12.1. The highest BCUT2D eigenvalue weighted by molar-refractivity contribution is 5.75. The van der Waals surface area contributed by atoms with Gasteiger partial charge in [-0.25, -0.2) is 9.78 Å². The highest BCUT2D eigenvalue weighted by Crippen LogP contribution is 2.11. The number of nitrogens with one attached hydrogen (secondary N) is 2. The van der Waals surface area contributed by atoms with E-state index in [0.717, 1.165) is 23.3 Å². The van der Waals surface area contributed by atoms with Gasteiger partial charge in [-0.05, 0) is 24.1 Å². The summed E-state index contributed by atoms with van der Waals surface area (Å²) in [4.78, 5) is 21.5. The zero-order valence-corrected chi connectivity index (χ0v) is 13.1. The van der Waals surface area contributed by atoms with Crippen LogP contribution in [0.4, 0.5) is 4.79 Å². The second-order valence-electron chi connectivity index (χ2n) is 5.52. The molecule has 118 valence electrons. The number of hydrogen-bond acceptors (Lipinski definition) is 2. The third kappa shape index (κ3) is 3.88. The number of fused-ring (bicyclic) bond motifs is 1. The summed E-state index contributed by atoms with van der Waals surface area (Å²) in [5.41, 5.74) is 3.12. The summed E-state index contributed by atoms with van der Waals surface area (Å²) >= 11 is 0. The first-order valence-corrected chi connectivity index (χ1v) is 7.69. The number of urea groups is 1. The standard InChI is InChI=1S/C18H20N4O/c1-22(13-17-20-15-9-5-6-10-16(15)21-17)18(23)19-12-11-14-7-3-2-4-8-14/h2-10H,11-13H2,1H3,(H,19,23)(H,20,21). The van der Waals surface area contributed by atoms with Crippen molar-refractivity contribution in [2.45, 2.75) is 13.0 Å². The highest BCUT2D eigenvalue weighted by atomic mass is 16.2. The number of benzene rings is 2. The number of carbonyl (C=O) groups is 1. The summed E-state index contributed by atoms with van der Waals surface area (Å²) in [6, 6.07) is 17.9. The van der Waals surface area contributed by atoms with Crippen LogP contribution in [0.25, 0.3) is 11.0 Å². The van der Waals surface area contributed by atoms with Crippen molar-refractivity contribution in [2.75, 3.05) is 13.6 Å². The van der Waals surface area contributed by atoms with Gasteiger partial charge in [-0.2, -0.15) is 0 Å². The van der Waals surface area contributed by atoms with Gasteiger partial charge >= 0.3 is 6.03 Å². The van der Waals surface area contributed by atoms with Crippen molar-refractivity contribution in [3.8, 4) is 0 Å². The Kier molecular flexibility index (Phi) is 4.57. The fourth-order valence-electron chi connectivity index (χ4n) is 2.47. The van der Waals surface area contributed by atoms with Gasteiger partial charge < -0.3 is 15.2 Å². The van der Waals surface area contributed by atoms with E-state index in [1.54, 1.807) is 11.9 Å². The van der Waals surface area contributed by atoms with Crippen LogP contribution in [0.5, 0.6) is 0 Å². The number of carbonyl (C=O) groups excluding carboxylic acids is 1. The number of imidazole rings is 1. The number of amides is 2. The summed E-state index contributed by atoms with van der Waals surface area (Å²) in [5.74, 6) is 0.784. The smallest absolute Gasteiger partial charge is 0.317 e. The van der Waals surface area contributed by atoms with Crippen molar-refractivity contribution in [1.82, 2.24) is 20.2 Å². The van der Waals surface area contributed by atoms with E-state index in [1.165, 1.54) is 5.56 Å². The number of aromatic nitrogens is 2. The quantitative estimate of drug-likeness (QED) is 0.761. The molecule has 2 N–H and O–H groups in total. The molecule has 3 aromatic rings. The van der Waals surface area contributed by atoms with E-state index in [0.29, 0.717) is 13.1 Å². The largest absolute Gasteiger partial charge is 0.340 e. The molecular formula is C18H20N4O. The Morgan fingerprint density at radius 3 is 2.65 bits per heavy atom. The Bertz CT molecular complexity index is 749. The van der Waals surface area contributed by atoms with Crippen molar-refractivity contribution in [3.63, 3.8) is 0 Å². The minimum absolute atomic E-state index is 0.0959. The molecule has 5 nitrogen and oxygen atoms in total. The van der Waals surface area contributed by atoms with Crippen LogP contribution in [0.2, 0.25) is 0 Å². The van der Waals surface area contributed by atoms with Crippen LogP contribution in [-0.2, 0) is 13.0 Å². The summed E-state index contributed by atoms with van der Waals surface area (Å²) in [6.07, 6.45) is 0.824. The number of rotatable bonds is 5. The molecule has 0 aliphatic carbocycles. The molecule has 2 amide bonds. The fourth-order valence-corrected chi connectivity index (χ4v) is 2.47. The molecule has 0 aliphatic rings. The summed E-state index contributed by atoms with van der Waals surface area (Å²) in [7, 11) is 1.77. The fraction of sp³-hybridized carbons (Fsp3) is 0.222. The minimum atomic E-state index is -0.0959. The van der Waals surface area contributed by atoms with Crippen LogP contribution < -0.4 is 5.32 Å². The summed E-state index contributed by atoms with van der Waals surface area (Å²) in [6.45, 7) is 1.07. The SMILES string of the molecule is CN(Cc1nc2ccccc2[nH]1)C(=O)NCCc1ccccc1. The van der Waals surface area contributed by atoms with E-state index in [4.69, 9.17) is 0 Å². The van der Waals surface area contributed by atoms with Crippen LogP contribution in [0.15, 0.2) is 54.6 Å². The molecule has 0 saturated heterocycles. The van der Waals surface area contributed by atoms with Gasteiger partial charge in [-0.15, -0.1) is 0 Å². The lowest BCUT2D eigenvalue weighted by Crippen LogP contribution is -2.38. The van der Waals surface area contributed by atoms with E-state index >= 15 is 0 Å². The Labute approximate surface area is 135 Å². The van der Waals surface area contributed by atoms with Gasteiger partial charge in [0.2, 0.25) is 0 Å². The first kappa shape index (κ1) is 15.1. The van der Waals surface area contributed by atoms with Crippen molar-refractivity contribution in [3.05, 3.63) is 66.0 Å².